The standard InChI is InChI=1S/C53H68N8O8S2/c1-33-42(58-52(67)69-40-22-24-68-25-23-40)26-38(30-54-33)37-20-21-41-44(27-37)71-51(57-41)60-46(64)15-13-11-9-7-6-8-10-12-14-45(63)59-48(53(3,4)5)50(66)61-31-39(62)28-43(61)49(65)55-29-35-16-18-36(19-17-35)47-34(2)56-32-70-47/h16-21,26-27,30,32,39-40,43,48,62H,6-15,22-25,28-29,31H2,1-5H3,(H,55,65)(H,58,67)(H,59,63)(H,57,60,64)/t39-,43+,48-/m1/s1. The second-order valence-electron chi connectivity index (χ2n) is 19.7. The topological polar surface area (TPSA) is 214 Å². The molecule has 18 heteroatoms. The highest BCUT2D eigenvalue weighted by Gasteiger charge is 2.44. The number of carbonyl (C=O) groups excluding carboxylic acids is 5. The van der Waals surface area contributed by atoms with Crippen LogP contribution in [-0.4, -0.2) is 98.7 Å². The molecule has 5 heterocycles. The van der Waals surface area contributed by atoms with Crippen molar-refractivity contribution in [2.24, 2.45) is 5.41 Å². The van der Waals surface area contributed by atoms with Crippen LogP contribution in [0, 0.1) is 19.3 Å². The van der Waals surface area contributed by atoms with Crippen molar-refractivity contribution < 1.29 is 38.6 Å². The first-order valence-corrected chi connectivity index (χ1v) is 26.6. The van der Waals surface area contributed by atoms with Crippen LogP contribution >= 0.6 is 22.7 Å². The number of nitrogens with one attached hydrogen (secondary N) is 4. The van der Waals surface area contributed by atoms with Gasteiger partial charge in [0, 0.05) is 57.0 Å². The van der Waals surface area contributed by atoms with Crippen molar-refractivity contribution in [3.05, 3.63) is 77.2 Å². The predicted octanol–water partition coefficient (Wildman–Crippen LogP) is 9.47. The summed E-state index contributed by atoms with van der Waals surface area (Å²) < 4.78 is 11.9. The van der Waals surface area contributed by atoms with Gasteiger partial charge in [0.2, 0.25) is 23.6 Å². The van der Waals surface area contributed by atoms with E-state index in [1.165, 1.54) is 16.2 Å². The van der Waals surface area contributed by atoms with Crippen LogP contribution in [0.25, 0.3) is 31.8 Å². The number of thiazole rings is 2. The van der Waals surface area contributed by atoms with Crippen LogP contribution < -0.4 is 21.3 Å². The molecule has 5 N–H and O–H groups in total. The molecule has 0 unspecified atom stereocenters. The number of aryl methyl sites for hydroxylation is 2. The van der Waals surface area contributed by atoms with Crippen LogP contribution in [0.5, 0.6) is 0 Å². The number of fused-ring (bicyclic) bond motifs is 1. The quantitative estimate of drug-likeness (QED) is 0.0437. The van der Waals surface area contributed by atoms with Gasteiger partial charge in [-0.25, -0.2) is 14.8 Å². The summed E-state index contributed by atoms with van der Waals surface area (Å²) in [5.41, 5.74) is 7.91. The number of anilines is 2. The van der Waals surface area contributed by atoms with Crippen LogP contribution in [0.4, 0.5) is 15.6 Å². The van der Waals surface area contributed by atoms with E-state index in [0.29, 0.717) is 61.8 Å². The zero-order chi connectivity index (χ0) is 50.5. The Balaban J connectivity index is 0.765. The molecule has 3 atom stereocenters. The lowest BCUT2D eigenvalue weighted by molar-refractivity contribution is -0.144. The molecule has 2 aromatic carbocycles. The SMILES string of the molecule is Cc1ncc(-c2ccc3nc(NC(=O)CCCCCCCCCCC(=O)N[C@H](C(=O)N4C[C@H](O)C[C@H]4C(=O)NCc4ccc(-c5scnc5C)cc4)C(C)(C)C)sc3c2)cc1NC(=O)OC1CCOCC1. The molecule has 0 saturated carbocycles. The number of ether oxygens (including phenoxy) is 2. The number of pyridine rings is 1. The van der Waals surface area contributed by atoms with Gasteiger partial charge in [-0.05, 0) is 67.0 Å². The lowest BCUT2D eigenvalue weighted by Crippen LogP contribution is -2.57. The maximum Gasteiger partial charge on any atom is 0.411 e. The predicted molar refractivity (Wildman–Crippen MR) is 278 cm³/mol. The molecule has 0 spiro atoms. The van der Waals surface area contributed by atoms with Crippen molar-refractivity contribution in [1.82, 2.24) is 30.5 Å². The number of unbranched alkanes of at least 4 members (excludes halogenated alkanes) is 7. The van der Waals surface area contributed by atoms with Crippen LogP contribution in [0.3, 0.4) is 0 Å². The molecule has 0 bridgehead atoms. The summed E-state index contributed by atoms with van der Waals surface area (Å²) in [5.74, 6) is -0.985. The molecule has 0 radical (unpaired) electrons. The van der Waals surface area contributed by atoms with Crippen LogP contribution in [0.2, 0.25) is 0 Å². The lowest BCUT2D eigenvalue weighted by Gasteiger charge is -2.35. The van der Waals surface area contributed by atoms with Gasteiger partial charge in [-0.15, -0.1) is 11.3 Å². The summed E-state index contributed by atoms with van der Waals surface area (Å²) >= 11 is 2.99. The molecule has 5 amide bonds. The minimum Gasteiger partial charge on any atom is -0.446 e. The Bertz CT molecular complexity index is 2620. The van der Waals surface area contributed by atoms with Gasteiger partial charge in [0.05, 0.1) is 57.0 Å². The van der Waals surface area contributed by atoms with Crippen molar-refractivity contribution in [2.75, 3.05) is 30.4 Å². The molecule has 71 heavy (non-hydrogen) atoms. The number of aromatic nitrogens is 3. The summed E-state index contributed by atoms with van der Waals surface area (Å²) in [4.78, 5) is 82.1. The Hall–Kier alpha value is -5.82. The Morgan fingerprint density at radius 1 is 0.831 bits per heavy atom. The van der Waals surface area contributed by atoms with Crippen molar-refractivity contribution in [3.63, 3.8) is 0 Å². The fourth-order valence-electron chi connectivity index (χ4n) is 8.89. The summed E-state index contributed by atoms with van der Waals surface area (Å²) in [6.07, 6.45) is 9.81. The van der Waals surface area contributed by atoms with Crippen LogP contribution in [-0.2, 0) is 35.2 Å². The van der Waals surface area contributed by atoms with Crippen LogP contribution in [0.15, 0.2) is 60.2 Å². The largest absolute Gasteiger partial charge is 0.446 e. The molecule has 0 aliphatic carbocycles. The smallest absolute Gasteiger partial charge is 0.411 e. The van der Waals surface area contributed by atoms with Crippen molar-refractivity contribution >= 4 is 73.4 Å². The average molecular weight is 1010 g/mol. The summed E-state index contributed by atoms with van der Waals surface area (Å²) in [7, 11) is 0. The van der Waals surface area contributed by atoms with E-state index in [4.69, 9.17) is 9.47 Å². The van der Waals surface area contributed by atoms with Gasteiger partial charge in [0.1, 0.15) is 18.2 Å². The number of nitrogens with zero attached hydrogens (tertiary/aromatic N) is 4. The second kappa shape index (κ2) is 25.0. The van der Waals surface area contributed by atoms with Crippen molar-refractivity contribution in [3.8, 4) is 21.6 Å². The molecule has 2 saturated heterocycles. The van der Waals surface area contributed by atoms with E-state index >= 15 is 0 Å². The second-order valence-corrected chi connectivity index (χ2v) is 21.6. The molecular formula is C53H68N8O8S2. The van der Waals surface area contributed by atoms with E-state index in [0.717, 1.165) is 88.0 Å². The van der Waals surface area contributed by atoms with Gasteiger partial charge in [-0.3, -0.25) is 29.5 Å². The number of benzene rings is 2. The van der Waals surface area contributed by atoms with Gasteiger partial charge in [0.15, 0.2) is 5.13 Å². The normalized spacial score (nSPS) is 16.7. The number of aliphatic hydroxyl groups is 1. The Morgan fingerprint density at radius 2 is 1.51 bits per heavy atom. The fourth-order valence-corrected chi connectivity index (χ4v) is 10.6. The van der Waals surface area contributed by atoms with E-state index in [1.807, 2.05) is 88.7 Å². The third-order valence-corrected chi connectivity index (χ3v) is 14.9. The van der Waals surface area contributed by atoms with Gasteiger partial charge < -0.3 is 35.4 Å². The molecule has 380 valence electrons. The number of hydrogen-bond acceptors (Lipinski definition) is 13. The van der Waals surface area contributed by atoms with E-state index in [1.54, 1.807) is 17.5 Å². The van der Waals surface area contributed by atoms with Gasteiger partial charge in [-0.1, -0.05) is 101 Å². The maximum atomic E-state index is 14.0. The Kier molecular flexibility index (Phi) is 18.7. The number of β-amino-alcohol motifs (C(OH)–C–C–N with tert-alkyl or cyclic N) is 1. The maximum absolute atomic E-state index is 14.0. The number of aliphatic hydroxyl groups excluding tert-OH is 1. The van der Waals surface area contributed by atoms with Gasteiger partial charge >= 0.3 is 6.09 Å². The highest BCUT2D eigenvalue weighted by Crippen LogP contribution is 2.33. The van der Waals surface area contributed by atoms with Crippen molar-refractivity contribution in [1.29, 1.82) is 0 Å². The molecule has 2 aliphatic rings. The van der Waals surface area contributed by atoms with E-state index in [9.17, 15) is 29.1 Å². The van der Waals surface area contributed by atoms with E-state index in [2.05, 4.69) is 36.2 Å². The number of amides is 5. The summed E-state index contributed by atoms with van der Waals surface area (Å²) in [6.45, 7) is 10.9. The number of carbonyl (C=O) groups is 5. The van der Waals surface area contributed by atoms with Crippen LogP contribution in [0.1, 0.15) is 121 Å². The zero-order valence-corrected chi connectivity index (χ0v) is 43.1. The van der Waals surface area contributed by atoms with E-state index in [-0.39, 0.29) is 49.2 Å². The highest BCUT2D eigenvalue weighted by atomic mass is 32.1. The fraction of sp³-hybridized carbons (Fsp3) is 0.509. The van der Waals surface area contributed by atoms with Gasteiger partial charge in [-0.2, -0.15) is 0 Å². The molecule has 16 nitrogen and oxygen atoms in total. The zero-order valence-electron chi connectivity index (χ0n) is 41.5. The van der Waals surface area contributed by atoms with Gasteiger partial charge in [0.25, 0.3) is 0 Å². The molecule has 2 aliphatic heterocycles. The molecule has 7 rings (SSSR count). The first-order chi connectivity index (χ1) is 34.1. The monoisotopic (exact) mass is 1010 g/mol. The first-order valence-electron chi connectivity index (χ1n) is 24.9. The lowest BCUT2D eigenvalue weighted by atomic mass is 9.85. The number of hydrogen-bond donors (Lipinski definition) is 5. The Morgan fingerprint density at radius 3 is 2.18 bits per heavy atom. The first kappa shape index (κ1) is 53.0. The minimum absolute atomic E-state index is 0.0246. The average Bonchev–Trinajstić information content (AvgIpc) is 4.08. The Labute approximate surface area is 424 Å². The van der Waals surface area contributed by atoms with E-state index < -0.39 is 29.7 Å². The van der Waals surface area contributed by atoms with Crippen molar-refractivity contribution in [2.45, 2.75) is 149 Å². The number of rotatable bonds is 21. The molecule has 3 aromatic heterocycles. The molecule has 2 fully saturated rings. The minimum atomic E-state index is -0.862. The summed E-state index contributed by atoms with van der Waals surface area (Å²) in [6, 6.07) is 14.0. The third-order valence-electron chi connectivity index (χ3n) is 13.0. The number of likely N-dealkylation sites (tertiary alicyclic amines) is 1. The summed E-state index contributed by atoms with van der Waals surface area (Å²) in [5, 5.41) is 22.9. The highest BCUT2D eigenvalue weighted by molar-refractivity contribution is 7.22. The third kappa shape index (κ3) is 15.1. The molecular weight excluding hydrogens is 941 g/mol. The molecule has 5 aromatic rings.